The van der Waals surface area contributed by atoms with Gasteiger partial charge in [0, 0.05) is 25.3 Å². The summed E-state index contributed by atoms with van der Waals surface area (Å²) < 4.78 is 2.21. The van der Waals surface area contributed by atoms with Gasteiger partial charge in [-0.3, -0.25) is 18.9 Å². The first kappa shape index (κ1) is 26.3. The molecule has 6 rings (SSSR count). The fourth-order valence-electron chi connectivity index (χ4n) is 6.23. The second-order valence-electron chi connectivity index (χ2n) is 11.0. The Morgan fingerprint density at radius 1 is 1.00 bits per heavy atom. The van der Waals surface area contributed by atoms with E-state index < -0.39 is 0 Å². The van der Waals surface area contributed by atoms with Crippen LogP contribution in [0.4, 0.5) is 5.82 Å². The third kappa shape index (κ3) is 5.29. The van der Waals surface area contributed by atoms with Gasteiger partial charge >= 0.3 is 0 Å². The Balaban J connectivity index is 1.33. The molecule has 0 radical (unpaired) electrons. The number of anilines is 1. The molecule has 202 valence electrons. The van der Waals surface area contributed by atoms with Gasteiger partial charge in [0.15, 0.2) is 0 Å². The molecule has 2 aliphatic heterocycles. The molecule has 0 bridgehead atoms. The van der Waals surface area contributed by atoms with E-state index in [9.17, 15) is 9.59 Å². The number of carbonyl (C=O) groups is 1. The molecule has 1 aliphatic carbocycles. The van der Waals surface area contributed by atoms with Gasteiger partial charge in [-0.15, -0.1) is 0 Å². The zero-order valence-electron chi connectivity index (χ0n) is 22.3. The number of amides is 1. The minimum atomic E-state index is -0.145. The molecule has 1 aromatic carbocycles. The van der Waals surface area contributed by atoms with Gasteiger partial charge in [-0.1, -0.05) is 79.6 Å². The standard InChI is InChI=1S/C31H34N4O2S2/c1-21-9-8-16-34-27(21)32-28(33-17-14-23(15-18-33)19-22-10-4-2-5-11-22)25(29(34)36)20-26-30(37)35(31(38)39-26)24-12-6-3-7-13-24/h2,4-5,8-11,16,20,23-24H,3,6-7,12-15,17-19H2,1H3/b26-20+. The van der Waals surface area contributed by atoms with Crippen molar-refractivity contribution >= 4 is 51.7 Å². The molecule has 4 heterocycles. The molecule has 3 fully saturated rings. The number of rotatable bonds is 5. The third-order valence-electron chi connectivity index (χ3n) is 8.38. The predicted octanol–water partition coefficient (Wildman–Crippen LogP) is 6.00. The highest BCUT2D eigenvalue weighted by molar-refractivity contribution is 8.26. The van der Waals surface area contributed by atoms with Crippen molar-refractivity contribution in [2.24, 2.45) is 5.92 Å². The van der Waals surface area contributed by atoms with Gasteiger partial charge < -0.3 is 4.90 Å². The highest BCUT2D eigenvalue weighted by atomic mass is 32.2. The number of thioether (sulfide) groups is 1. The summed E-state index contributed by atoms with van der Waals surface area (Å²) in [6.07, 6.45) is 12.1. The van der Waals surface area contributed by atoms with E-state index >= 15 is 0 Å². The molecule has 0 N–H and O–H groups in total. The van der Waals surface area contributed by atoms with Crippen LogP contribution in [-0.4, -0.2) is 43.6 Å². The van der Waals surface area contributed by atoms with E-state index in [0.29, 0.717) is 32.2 Å². The Morgan fingerprint density at radius 3 is 2.49 bits per heavy atom. The van der Waals surface area contributed by atoms with Crippen LogP contribution in [0.2, 0.25) is 0 Å². The van der Waals surface area contributed by atoms with E-state index in [4.69, 9.17) is 17.2 Å². The maximum Gasteiger partial charge on any atom is 0.267 e. The molecule has 6 nitrogen and oxygen atoms in total. The van der Waals surface area contributed by atoms with Crippen LogP contribution >= 0.6 is 24.0 Å². The van der Waals surface area contributed by atoms with Crippen LogP contribution < -0.4 is 10.5 Å². The van der Waals surface area contributed by atoms with Crippen molar-refractivity contribution in [1.29, 1.82) is 0 Å². The van der Waals surface area contributed by atoms with Crippen LogP contribution in [0, 0.1) is 12.8 Å². The van der Waals surface area contributed by atoms with Gasteiger partial charge in [-0.25, -0.2) is 4.98 Å². The lowest BCUT2D eigenvalue weighted by atomic mass is 9.90. The van der Waals surface area contributed by atoms with E-state index in [1.54, 1.807) is 21.6 Å². The lowest BCUT2D eigenvalue weighted by molar-refractivity contribution is -0.124. The molecule has 0 atom stereocenters. The Labute approximate surface area is 239 Å². The Morgan fingerprint density at radius 2 is 1.74 bits per heavy atom. The number of pyridine rings is 1. The molecule has 1 saturated carbocycles. The van der Waals surface area contributed by atoms with Crippen molar-refractivity contribution in [2.75, 3.05) is 18.0 Å². The summed E-state index contributed by atoms with van der Waals surface area (Å²) in [4.78, 5) is 37.1. The largest absolute Gasteiger partial charge is 0.356 e. The van der Waals surface area contributed by atoms with Gasteiger partial charge in [0.1, 0.15) is 15.8 Å². The van der Waals surface area contributed by atoms with Gasteiger partial charge in [0.05, 0.1) is 10.5 Å². The van der Waals surface area contributed by atoms with E-state index in [2.05, 4.69) is 35.2 Å². The third-order valence-corrected chi connectivity index (χ3v) is 9.71. The SMILES string of the molecule is Cc1cccn2c(=O)c(/C=C3/SC(=S)N(C4CCCCC4)C3=O)c(N3CCC(Cc4ccccc4)CC3)nc12. The van der Waals surface area contributed by atoms with Gasteiger partial charge in [-0.2, -0.15) is 0 Å². The Kier molecular flexibility index (Phi) is 7.58. The molecular formula is C31H34N4O2S2. The second kappa shape index (κ2) is 11.3. The summed E-state index contributed by atoms with van der Waals surface area (Å²) in [5.41, 5.74) is 3.31. The van der Waals surface area contributed by atoms with Crippen molar-refractivity contribution in [3.05, 3.63) is 80.6 Å². The lowest BCUT2D eigenvalue weighted by Gasteiger charge is -2.33. The summed E-state index contributed by atoms with van der Waals surface area (Å²) in [6.45, 7) is 3.64. The predicted molar refractivity (Wildman–Crippen MR) is 163 cm³/mol. The quantitative estimate of drug-likeness (QED) is 0.283. The number of thiocarbonyl (C=S) groups is 1. The maximum atomic E-state index is 13.9. The number of hydrogen-bond donors (Lipinski definition) is 0. The highest BCUT2D eigenvalue weighted by Gasteiger charge is 2.38. The lowest BCUT2D eigenvalue weighted by Crippen LogP contribution is -2.39. The number of benzene rings is 1. The molecule has 3 aliphatic rings. The number of piperidine rings is 1. The van der Waals surface area contributed by atoms with Crippen LogP contribution in [0.3, 0.4) is 0 Å². The van der Waals surface area contributed by atoms with Crippen LogP contribution in [-0.2, 0) is 11.2 Å². The van der Waals surface area contributed by atoms with Crippen molar-refractivity contribution < 1.29 is 4.79 Å². The number of nitrogens with zero attached hydrogens (tertiary/aromatic N) is 4. The highest BCUT2D eigenvalue weighted by Crippen LogP contribution is 2.38. The minimum absolute atomic E-state index is 0.0711. The molecule has 2 saturated heterocycles. The maximum absolute atomic E-state index is 13.9. The van der Waals surface area contributed by atoms with Crippen molar-refractivity contribution in [3.63, 3.8) is 0 Å². The van der Waals surface area contributed by atoms with E-state index in [1.165, 1.54) is 23.7 Å². The Bertz CT molecular complexity index is 1490. The molecule has 8 heteroatoms. The number of aryl methyl sites for hydroxylation is 1. The van der Waals surface area contributed by atoms with E-state index in [0.717, 1.165) is 63.6 Å². The molecule has 1 amide bonds. The van der Waals surface area contributed by atoms with Crippen LogP contribution in [0.25, 0.3) is 11.7 Å². The van der Waals surface area contributed by atoms with Gasteiger partial charge in [0.25, 0.3) is 11.5 Å². The summed E-state index contributed by atoms with van der Waals surface area (Å²) in [6, 6.07) is 14.7. The summed E-state index contributed by atoms with van der Waals surface area (Å²) in [5, 5.41) is 0. The van der Waals surface area contributed by atoms with E-state index in [1.807, 2.05) is 19.1 Å². The smallest absolute Gasteiger partial charge is 0.267 e. The number of fused-ring (bicyclic) bond motifs is 1. The molecule has 2 aromatic heterocycles. The molecular weight excluding hydrogens is 525 g/mol. The summed E-state index contributed by atoms with van der Waals surface area (Å²) in [7, 11) is 0. The monoisotopic (exact) mass is 558 g/mol. The van der Waals surface area contributed by atoms with Crippen molar-refractivity contribution in [3.8, 4) is 0 Å². The number of aromatic nitrogens is 2. The summed E-state index contributed by atoms with van der Waals surface area (Å²) >= 11 is 6.98. The Hall–Kier alpha value is -2.97. The van der Waals surface area contributed by atoms with Crippen LogP contribution in [0.15, 0.2) is 58.4 Å². The average Bonchev–Trinajstić information content (AvgIpc) is 3.24. The molecule has 0 unspecified atom stereocenters. The average molecular weight is 559 g/mol. The topological polar surface area (TPSA) is 57.9 Å². The van der Waals surface area contributed by atoms with Gasteiger partial charge in [0.2, 0.25) is 0 Å². The first-order valence-electron chi connectivity index (χ1n) is 14.1. The minimum Gasteiger partial charge on any atom is -0.356 e. The van der Waals surface area contributed by atoms with Crippen LogP contribution in [0.5, 0.6) is 0 Å². The van der Waals surface area contributed by atoms with Crippen LogP contribution in [0.1, 0.15) is 61.6 Å². The zero-order valence-corrected chi connectivity index (χ0v) is 24.0. The summed E-state index contributed by atoms with van der Waals surface area (Å²) in [5.74, 6) is 1.20. The second-order valence-corrected chi connectivity index (χ2v) is 12.7. The number of hydrogen-bond acceptors (Lipinski definition) is 6. The first-order chi connectivity index (χ1) is 19.0. The van der Waals surface area contributed by atoms with Crippen molar-refractivity contribution in [1.82, 2.24) is 14.3 Å². The van der Waals surface area contributed by atoms with Crippen molar-refractivity contribution in [2.45, 2.75) is 64.3 Å². The van der Waals surface area contributed by atoms with E-state index in [-0.39, 0.29) is 17.5 Å². The fourth-order valence-corrected chi connectivity index (χ4v) is 7.61. The molecule has 0 spiro atoms. The van der Waals surface area contributed by atoms with Gasteiger partial charge in [-0.05, 0) is 68.2 Å². The number of carbonyl (C=O) groups excluding carboxylic acids is 1. The molecule has 3 aromatic rings. The fraction of sp³-hybridized carbons (Fsp3) is 0.419. The normalized spacial score (nSPS) is 20.5. The molecule has 39 heavy (non-hydrogen) atoms. The zero-order chi connectivity index (χ0) is 26.9. The first-order valence-corrected chi connectivity index (χ1v) is 15.3.